The fourth-order valence-corrected chi connectivity index (χ4v) is 4.86. The molecule has 9 nitrogen and oxygen atoms in total. The summed E-state index contributed by atoms with van der Waals surface area (Å²) in [7, 11) is -6.87. The predicted octanol–water partition coefficient (Wildman–Crippen LogP) is 1.73. The Kier molecular flexibility index (Phi) is 7.68. The molecule has 1 aliphatic heterocycles. The number of ether oxygens (including phenoxy) is 2. The van der Waals surface area contributed by atoms with Crippen molar-refractivity contribution in [1.29, 1.82) is 0 Å². The van der Waals surface area contributed by atoms with Crippen LogP contribution in [0.15, 0.2) is 23.1 Å². The molecule has 166 valence electrons. The number of hydrogen-bond acceptors (Lipinski definition) is 7. The SMILES string of the molecule is COCCOCCN1c2ccc(S(=O)(=O)O)cc2C(C)(CCCS(=O)(=O)O)C1C. The van der Waals surface area contributed by atoms with Gasteiger partial charge >= 0.3 is 0 Å². The number of benzene rings is 1. The van der Waals surface area contributed by atoms with E-state index in [1.54, 1.807) is 13.2 Å². The van der Waals surface area contributed by atoms with Crippen molar-refractivity contribution < 1.29 is 35.4 Å². The lowest BCUT2D eigenvalue weighted by atomic mass is 9.75. The summed E-state index contributed by atoms with van der Waals surface area (Å²) in [5.74, 6) is -0.372. The average Bonchev–Trinajstić information content (AvgIpc) is 2.81. The van der Waals surface area contributed by atoms with Crippen molar-refractivity contribution >= 4 is 25.9 Å². The highest BCUT2D eigenvalue weighted by molar-refractivity contribution is 7.86. The third kappa shape index (κ3) is 5.89. The van der Waals surface area contributed by atoms with Gasteiger partial charge in [-0.25, -0.2) is 0 Å². The molecule has 0 aromatic heterocycles. The van der Waals surface area contributed by atoms with Crippen LogP contribution in [-0.4, -0.2) is 71.2 Å². The van der Waals surface area contributed by atoms with E-state index in [0.717, 1.165) is 5.69 Å². The van der Waals surface area contributed by atoms with Crippen molar-refractivity contribution in [3.63, 3.8) is 0 Å². The molecule has 29 heavy (non-hydrogen) atoms. The highest BCUT2D eigenvalue weighted by Crippen LogP contribution is 2.48. The van der Waals surface area contributed by atoms with Gasteiger partial charge in [0.15, 0.2) is 0 Å². The molecule has 1 aromatic rings. The van der Waals surface area contributed by atoms with Crippen LogP contribution in [0.5, 0.6) is 0 Å². The summed E-state index contributed by atoms with van der Waals surface area (Å²) in [5, 5.41) is 0. The van der Waals surface area contributed by atoms with Crippen LogP contribution in [0, 0.1) is 0 Å². The first-order valence-corrected chi connectivity index (χ1v) is 12.4. The van der Waals surface area contributed by atoms with Crippen molar-refractivity contribution in [3.8, 4) is 0 Å². The molecule has 2 unspecified atom stereocenters. The Bertz CT molecular complexity index is 916. The summed E-state index contributed by atoms with van der Waals surface area (Å²) in [6.45, 7) is 5.84. The Balaban J connectivity index is 2.31. The number of rotatable bonds is 11. The third-order valence-electron chi connectivity index (χ3n) is 5.59. The number of hydrogen-bond donors (Lipinski definition) is 2. The molecule has 1 aromatic carbocycles. The Hall–Kier alpha value is -1.24. The zero-order chi connectivity index (χ0) is 21.9. The molecule has 0 aliphatic carbocycles. The van der Waals surface area contributed by atoms with Crippen molar-refractivity contribution in [3.05, 3.63) is 23.8 Å². The van der Waals surface area contributed by atoms with Gasteiger partial charge in [-0.15, -0.1) is 0 Å². The van der Waals surface area contributed by atoms with Crippen molar-refractivity contribution in [2.45, 2.75) is 43.0 Å². The lowest BCUT2D eigenvalue weighted by molar-refractivity contribution is 0.0733. The van der Waals surface area contributed by atoms with Crippen LogP contribution in [-0.2, 0) is 35.1 Å². The van der Waals surface area contributed by atoms with Gasteiger partial charge < -0.3 is 14.4 Å². The second-order valence-corrected chi connectivity index (χ2v) is 10.4. The van der Waals surface area contributed by atoms with Crippen LogP contribution in [0.1, 0.15) is 32.3 Å². The first-order valence-electron chi connectivity index (χ1n) is 9.30. The van der Waals surface area contributed by atoms with E-state index in [9.17, 15) is 21.4 Å². The van der Waals surface area contributed by atoms with Gasteiger partial charge in [-0.1, -0.05) is 6.92 Å². The van der Waals surface area contributed by atoms with Crippen LogP contribution >= 0.6 is 0 Å². The smallest absolute Gasteiger partial charge is 0.294 e. The van der Waals surface area contributed by atoms with Gasteiger partial charge in [0.05, 0.1) is 30.5 Å². The van der Waals surface area contributed by atoms with Gasteiger partial charge in [0.2, 0.25) is 0 Å². The first-order chi connectivity index (χ1) is 13.4. The molecule has 2 atom stereocenters. The van der Waals surface area contributed by atoms with Gasteiger partial charge in [-0.05, 0) is 43.5 Å². The molecular weight excluding hydrogens is 422 g/mol. The number of fused-ring (bicyclic) bond motifs is 1. The molecule has 2 rings (SSSR count). The topological polar surface area (TPSA) is 130 Å². The molecular formula is C18H29NO8S2. The largest absolute Gasteiger partial charge is 0.382 e. The Labute approximate surface area is 172 Å². The Morgan fingerprint density at radius 1 is 1.14 bits per heavy atom. The third-order valence-corrected chi connectivity index (χ3v) is 7.24. The lowest BCUT2D eigenvalue weighted by Crippen LogP contribution is -2.42. The number of anilines is 1. The van der Waals surface area contributed by atoms with Gasteiger partial charge in [0.1, 0.15) is 0 Å². The second-order valence-electron chi connectivity index (χ2n) is 7.44. The maximum absolute atomic E-state index is 11.6. The summed E-state index contributed by atoms with van der Waals surface area (Å²) < 4.78 is 74.5. The molecule has 2 N–H and O–H groups in total. The van der Waals surface area contributed by atoms with E-state index < -0.39 is 25.7 Å². The fraction of sp³-hybridized carbons (Fsp3) is 0.667. The molecule has 0 bridgehead atoms. The van der Waals surface area contributed by atoms with Crippen LogP contribution in [0.3, 0.4) is 0 Å². The lowest BCUT2D eigenvalue weighted by Gasteiger charge is -2.34. The van der Waals surface area contributed by atoms with Gasteiger partial charge in [-0.3, -0.25) is 9.11 Å². The normalized spacial score (nSPS) is 22.1. The van der Waals surface area contributed by atoms with Crippen LogP contribution in [0.25, 0.3) is 0 Å². The monoisotopic (exact) mass is 451 g/mol. The van der Waals surface area contributed by atoms with Gasteiger partial charge in [-0.2, -0.15) is 16.8 Å². The fourth-order valence-electron chi connectivity index (χ4n) is 3.85. The van der Waals surface area contributed by atoms with Gasteiger partial charge in [0.25, 0.3) is 20.2 Å². The maximum atomic E-state index is 11.6. The van der Waals surface area contributed by atoms with Crippen LogP contribution < -0.4 is 4.90 Å². The van der Waals surface area contributed by atoms with Gasteiger partial charge in [0, 0.05) is 30.8 Å². The summed E-state index contributed by atoms with van der Waals surface area (Å²) in [6.07, 6.45) is 0.629. The molecule has 0 saturated heterocycles. The van der Waals surface area contributed by atoms with Crippen molar-refractivity contribution in [1.82, 2.24) is 0 Å². The van der Waals surface area contributed by atoms with Crippen molar-refractivity contribution in [2.75, 3.05) is 44.1 Å². The zero-order valence-electron chi connectivity index (χ0n) is 16.9. The van der Waals surface area contributed by atoms with E-state index in [2.05, 4.69) is 4.90 Å². The number of nitrogens with zero attached hydrogens (tertiary/aromatic N) is 1. The quantitative estimate of drug-likeness (QED) is 0.381. The first kappa shape index (κ1) is 24.0. The van der Waals surface area contributed by atoms with Crippen LogP contribution in [0.4, 0.5) is 5.69 Å². The van der Waals surface area contributed by atoms with E-state index in [1.165, 1.54) is 12.1 Å². The molecule has 0 spiro atoms. The van der Waals surface area contributed by atoms with E-state index in [0.29, 0.717) is 38.3 Å². The Morgan fingerprint density at radius 2 is 1.83 bits per heavy atom. The minimum absolute atomic E-state index is 0.0819. The summed E-state index contributed by atoms with van der Waals surface area (Å²) in [5.41, 5.74) is 0.953. The zero-order valence-corrected chi connectivity index (χ0v) is 18.5. The van der Waals surface area contributed by atoms with E-state index in [-0.39, 0.29) is 23.1 Å². The second kappa shape index (κ2) is 9.27. The Morgan fingerprint density at radius 3 is 2.41 bits per heavy atom. The molecule has 0 radical (unpaired) electrons. The minimum atomic E-state index is -4.37. The maximum Gasteiger partial charge on any atom is 0.294 e. The summed E-state index contributed by atoms with van der Waals surface area (Å²) >= 11 is 0. The molecule has 1 heterocycles. The standard InChI is InChI=1S/C18H29NO8S2/c1-14-18(2,7-4-12-28(20,21)22)16-13-15(29(23,24)25)5-6-17(16)19(14)8-9-27-11-10-26-3/h5-6,13-14H,4,7-12H2,1-3H3,(H,20,21,22)(H,23,24,25). The highest BCUT2D eigenvalue weighted by atomic mass is 32.2. The minimum Gasteiger partial charge on any atom is -0.382 e. The number of methoxy groups -OCH3 is 1. The summed E-state index contributed by atoms with van der Waals surface area (Å²) in [6, 6.07) is 4.36. The molecule has 11 heteroatoms. The average molecular weight is 452 g/mol. The molecule has 0 amide bonds. The molecule has 0 fully saturated rings. The predicted molar refractivity (Wildman–Crippen MR) is 109 cm³/mol. The van der Waals surface area contributed by atoms with E-state index >= 15 is 0 Å². The van der Waals surface area contributed by atoms with E-state index in [1.807, 2.05) is 13.8 Å². The molecule has 1 aliphatic rings. The summed E-state index contributed by atoms with van der Waals surface area (Å²) in [4.78, 5) is 1.88. The van der Waals surface area contributed by atoms with Crippen molar-refractivity contribution in [2.24, 2.45) is 0 Å². The van der Waals surface area contributed by atoms with Crippen LogP contribution in [0.2, 0.25) is 0 Å². The van der Waals surface area contributed by atoms with E-state index in [4.69, 9.17) is 14.0 Å². The molecule has 0 saturated carbocycles. The highest BCUT2D eigenvalue weighted by Gasteiger charge is 2.45.